The number of hydrogen-bond acceptors (Lipinski definition) is 7. The quantitative estimate of drug-likeness (QED) is 0.702. The Kier molecular flexibility index (Phi) is 6.76. The van der Waals surface area contributed by atoms with Gasteiger partial charge in [0.1, 0.15) is 11.5 Å². The van der Waals surface area contributed by atoms with E-state index in [9.17, 15) is 4.79 Å². The summed E-state index contributed by atoms with van der Waals surface area (Å²) < 4.78 is 5.41. The molecule has 1 amide bonds. The van der Waals surface area contributed by atoms with Crippen molar-refractivity contribution < 1.29 is 9.53 Å². The van der Waals surface area contributed by atoms with Crippen LogP contribution in [0.2, 0.25) is 0 Å². The summed E-state index contributed by atoms with van der Waals surface area (Å²) in [5.74, 6) is 0.626. The molecule has 3 N–H and O–H groups in total. The summed E-state index contributed by atoms with van der Waals surface area (Å²) in [5, 5.41) is 10.1. The molecule has 8 heteroatoms. The van der Waals surface area contributed by atoms with Crippen LogP contribution in [0.25, 0.3) is 0 Å². The molecule has 0 aliphatic carbocycles. The summed E-state index contributed by atoms with van der Waals surface area (Å²) in [6.45, 7) is 3.71. The molecule has 2 aliphatic rings. The second-order valence-electron chi connectivity index (χ2n) is 7.13. The molecule has 3 rings (SSSR count). The SMILES string of the molecule is CO[C@@H]1CNC[C@@H](Nc2cnc(C(=O)N(C)C3CCCNCC3)cn2)C1. The standard InChI is InChI=1S/C18H30N6O2/c1-24(14-4-3-6-19-7-5-14)18(25)16-11-22-17(12-21-16)23-13-8-15(26-2)10-20-9-13/h11-15,19-20H,3-10H2,1-2H3,(H,22,23)/t13-,14?,15-/m0/s1. The van der Waals surface area contributed by atoms with Crippen molar-refractivity contribution >= 4 is 11.7 Å². The van der Waals surface area contributed by atoms with Crippen molar-refractivity contribution in [2.45, 2.75) is 43.9 Å². The summed E-state index contributed by atoms with van der Waals surface area (Å²) in [7, 11) is 3.60. The van der Waals surface area contributed by atoms with Gasteiger partial charge in [-0.15, -0.1) is 0 Å². The molecular weight excluding hydrogens is 332 g/mol. The van der Waals surface area contributed by atoms with Crippen molar-refractivity contribution in [2.75, 3.05) is 45.7 Å². The molecule has 1 aromatic heterocycles. The van der Waals surface area contributed by atoms with Crippen molar-refractivity contribution in [3.8, 4) is 0 Å². The third kappa shape index (κ3) is 4.90. The zero-order valence-corrected chi connectivity index (χ0v) is 15.7. The van der Waals surface area contributed by atoms with E-state index in [4.69, 9.17) is 4.74 Å². The fraction of sp³-hybridized carbons (Fsp3) is 0.722. The van der Waals surface area contributed by atoms with E-state index in [1.165, 1.54) is 0 Å². The Hall–Kier alpha value is -1.77. The van der Waals surface area contributed by atoms with Gasteiger partial charge in [0, 0.05) is 39.3 Å². The van der Waals surface area contributed by atoms with Gasteiger partial charge in [-0.2, -0.15) is 0 Å². The van der Waals surface area contributed by atoms with Crippen LogP contribution in [0.5, 0.6) is 0 Å². The number of methoxy groups -OCH3 is 1. The molecular formula is C18H30N6O2. The smallest absolute Gasteiger partial charge is 0.274 e. The first-order chi connectivity index (χ1) is 12.7. The van der Waals surface area contributed by atoms with Gasteiger partial charge in [-0.05, 0) is 38.8 Å². The first-order valence-electron chi connectivity index (χ1n) is 9.47. The lowest BCUT2D eigenvalue weighted by molar-refractivity contribution is 0.0714. The van der Waals surface area contributed by atoms with Crippen LogP contribution >= 0.6 is 0 Å². The van der Waals surface area contributed by atoms with Crippen molar-refractivity contribution in [1.82, 2.24) is 25.5 Å². The summed E-state index contributed by atoms with van der Waals surface area (Å²) >= 11 is 0. The Morgan fingerprint density at radius 2 is 2.12 bits per heavy atom. The molecule has 26 heavy (non-hydrogen) atoms. The average Bonchev–Trinajstić information content (AvgIpc) is 2.97. The van der Waals surface area contributed by atoms with Gasteiger partial charge in [0.05, 0.1) is 18.5 Å². The third-order valence-corrected chi connectivity index (χ3v) is 5.28. The van der Waals surface area contributed by atoms with E-state index in [1.54, 1.807) is 19.5 Å². The Labute approximate surface area is 155 Å². The second-order valence-corrected chi connectivity index (χ2v) is 7.13. The number of carbonyl (C=O) groups is 1. The number of hydrogen-bond donors (Lipinski definition) is 3. The van der Waals surface area contributed by atoms with E-state index in [1.807, 2.05) is 11.9 Å². The van der Waals surface area contributed by atoms with Crippen LogP contribution in [0.4, 0.5) is 5.82 Å². The Balaban J connectivity index is 1.57. The van der Waals surface area contributed by atoms with Gasteiger partial charge >= 0.3 is 0 Å². The normalized spacial score (nSPS) is 26.8. The molecule has 1 aromatic rings. The van der Waals surface area contributed by atoms with E-state index in [2.05, 4.69) is 25.9 Å². The lowest BCUT2D eigenvalue weighted by atomic mass is 10.1. The molecule has 0 saturated carbocycles. The topological polar surface area (TPSA) is 91.4 Å². The Morgan fingerprint density at radius 3 is 2.88 bits per heavy atom. The maximum Gasteiger partial charge on any atom is 0.274 e. The van der Waals surface area contributed by atoms with Crippen LogP contribution in [-0.2, 0) is 4.74 Å². The largest absolute Gasteiger partial charge is 0.380 e. The predicted molar refractivity (Wildman–Crippen MR) is 100 cm³/mol. The number of aromatic nitrogens is 2. The van der Waals surface area contributed by atoms with Crippen LogP contribution in [-0.4, -0.2) is 79.3 Å². The summed E-state index contributed by atoms with van der Waals surface area (Å²) in [4.78, 5) is 23.2. The van der Waals surface area contributed by atoms with Crippen LogP contribution in [0, 0.1) is 0 Å². The minimum absolute atomic E-state index is 0.0604. The van der Waals surface area contributed by atoms with Crippen molar-refractivity contribution in [1.29, 1.82) is 0 Å². The minimum Gasteiger partial charge on any atom is -0.380 e. The van der Waals surface area contributed by atoms with E-state index < -0.39 is 0 Å². The van der Waals surface area contributed by atoms with Crippen LogP contribution in [0.15, 0.2) is 12.4 Å². The maximum atomic E-state index is 12.7. The number of nitrogens with one attached hydrogen (secondary N) is 3. The number of nitrogens with zero attached hydrogens (tertiary/aromatic N) is 3. The Bertz CT molecular complexity index is 574. The van der Waals surface area contributed by atoms with Gasteiger partial charge in [-0.25, -0.2) is 9.97 Å². The summed E-state index contributed by atoms with van der Waals surface area (Å²) in [6, 6.07) is 0.502. The van der Waals surface area contributed by atoms with E-state index in [0.717, 1.165) is 51.9 Å². The van der Waals surface area contributed by atoms with E-state index >= 15 is 0 Å². The molecule has 0 spiro atoms. The van der Waals surface area contributed by atoms with Gasteiger partial charge in [0.2, 0.25) is 0 Å². The zero-order chi connectivity index (χ0) is 18.4. The van der Waals surface area contributed by atoms with E-state index in [-0.39, 0.29) is 24.1 Å². The average molecular weight is 362 g/mol. The number of rotatable bonds is 5. The fourth-order valence-corrected chi connectivity index (χ4v) is 3.65. The lowest BCUT2D eigenvalue weighted by Crippen LogP contribution is -2.46. The third-order valence-electron chi connectivity index (χ3n) is 5.28. The van der Waals surface area contributed by atoms with Gasteiger partial charge in [0.25, 0.3) is 5.91 Å². The maximum absolute atomic E-state index is 12.7. The molecule has 2 aliphatic heterocycles. The minimum atomic E-state index is -0.0604. The van der Waals surface area contributed by atoms with Gasteiger partial charge in [0.15, 0.2) is 0 Å². The van der Waals surface area contributed by atoms with Gasteiger partial charge in [-0.1, -0.05) is 0 Å². The highest BCUT2D eigenvalue weighted by Crippen LogP contribution is 2.15. The molecule has 2 fully saturated rings. The molecule has 2 saturated heterocycles. The van der Waals surface area contributed by atoms with Crippen LogP contribution in [0.1, 0.15) is 36.2 Å². The van der Waals surface area contributed by atoms with Crippen molar-refractivity contribution in [3.63, 3.8) is 0 Å². The first-order valence-corrected chi connectivity index (χ1v) is 9.47. The number of anilines is 1. The van der Waals surface area contributed by atoms with Gasteiger partial charge in [-0.3, -0.25) is 4.79 Å². The number of amides is 1. The van der Waals surface area contributed by atoms with E-state index in [0.29, 0.717) is 11.5 Å². The van der Waals surface area contributed by atoms with Crippen molar-refractivity contribution in [3.05, 3.63) is 18.1 Å². The Morgan fingerprint density at radius 1 is 1.23 bits per heavy atom. The molecule has 3 atom stereocenters. The van der Waals surface area contributed by atoms with Gasteiger partial charge < -0.3 is 25.6 Å². The number of ether oxygens (including phenoxy) is 1. The number of carbonyl (C=O) groups excluding carboxylic acids is 1. The highest BCUT2D eigenvalue weighted by atomic mass is 16.5. The summed E-state index contributed by atoms with van der Waals surface area (Å²) in [5.41, 5.74) is 0.395. The van der Waals surface area contributed by atoms with Crippen molar-refractivity contribution in [2.24, 2.45) is 0 Å². The zero-order valence-electron chi connectivity index (χ0n) is 15.7. The molecule has 0 bridgehead atoms. The van der Waals surface area contributed by atoms with Crippen LogP contribution in [0.3, 0.4) is 0 Å². The van der Waals surface area contributed by atoms with Crippen LogP contribution < -0.4 is 16.0 Å². The first kappa shape index (κ1) is 19.0. The molecule has 0 radical (unpaired) electrons. The fourth-order valence-electron chi connectivity index (χ4n) is 3.65. The molecule has 0 aromatic carbocycles. The molecule has 1 unspecified atom stereocenters. The monoisotopic (exact) mass is 362 g/mol. The second kappa shape index (κ2) is 9.25. The molecule has 144 valence electrons. The number of piperidine rings is 1. The molecule has 8 nitrogen and oxygen atoms in total. The highest BCUT2D eigenvalue weighted by molar-refractivity contribution is 5.92. The highest BCUT2D eigenvalue weighted by Gasteiger charge is 2.24. The summed E-state index contributed by atoms with van der Waals surface area (Å²) in [6.07, 6.45) is 7.44. The molecule has 3 heterocycles. The lowest BCUT2D eigenvalue weighted by Gasteiger charge is -2.30. The predicted octanol–water partition coefficient (Wildman–Crippen LogP) is 0.480.